The van der Waals surface area contributed by atoms with Crippen LogP contribution in [0.4, 0.5) is 0 Å². The fourth-order valence-electron chi connectivity index (χ4n) is 3.43. The SMILES string of the molecule is CN1C[C@H]2COC[C@@H]1CN(Cc1cccc(OCCO)c1)C2. The molecular formula is C17H26N2O3. The van der Waals surface area contributed by atoms with Crippen LogP contribution < -0.4 is 4.74 Å². The molecule has 0 amide bonds. The topological polar surface area (TPSA) is 45.2 Å². The van der Waals surface area contributed by atoms with Crippen molar-refractivity contribution in [2.24, 2.45) is 5.92 Å². The highest BCUT2D eigenvalue weighted by Gasteiger charge is 2.31. The molecule has 0 saturated carbocycles. The molecule has 0 aromatic heterocycles. The van der Waals surface area contributed by atoms with Crippen molar-refractivity contribution in [2.45, 2.75) is 12.6 Å². The number of nitrogens with zero attached hydrogens (tertiary/aromatic N) is 2. The summed E-state index contributed by atoms with van der Waals surface area (Å²) in [5, 5.41) is 8.86. The fraction of sp³-hybridized carbons (Fsp3) is 0.647. The minimum Gasteiger partial charge on any atom is -0.491 e. The van der Waals surface area contributed by atoms with Gasteiger partial charge in [0.1, 0.15) is 12.4 Å². The van der Waals surface area contributed by atoms with E-state index in [2.05, 4.69) is 29.0 Å². The summed E-state index contributed by atoms with van der Waals surface area (Å²) in [5.74, 6) is 1.42. The number of ether oxygens (including phenoxy) is 2. The van der Waals surface area contributed by atoms with Crippen LogP contribution in [0.2, 0.25) is 0 Å². The first-order valence-electron chi connectivity index (χ1n) is 8.07. The third-order valence-electron chi connectivity index (χ3n) is 4.48. The van der Waals surface area contributed by atoms with Crippen LogP contribution >= 0.6 is 0 Å². The van der Waals surface area contributed by atoms with Crippen molar-refractivity contribution in [3.05, 3.63) is 29.8 Å². The third-order valence-corrected chi connectivity index (χ3v) is 4.48. The molecule has 1 N–H and O–H groups in total. The van der Waals surface area contributed by atoms with Crippen molar-refractivity contribution >= 4 is 0 Å². The van der Waals surface area contributed by atoms with Crippen LogP contribution in [0.1, 0.15) is 5.56 Å². The summed E-state index contributed by atoms with van der Waals surface area (Å²) in [6.45, 7) is 6.31. The van der Waals surface area contributed by atoms with E-state index in [9.17, 15) is 0 Å². The highest BCUT2D eigenvalue weighted by atomic mass is 16.5. The summed E-state index contributed by atoms with van der Waals surface area (Å²) in [5.41, 5.74) is 1.26. The predicted octanol–water partition coefficient (Wildman–Crippen LogP) is 0.820. The molecule has 0 radical (unpaired) electrons. The molecule has 122 valence electrons. The lowest BCUT2D eigenvalue weighted by molar-refractivity contribution is 0.0516. The van der Waals surface area contributed by atoms with Gasteiger partial charge in [0, 0.05) is 38.1 Å². The molecule has 3 rings (SSSR count). The zero-order valence-electron chi connectivity index (χ0n) is 13.3. The van der Waals surface area contributed by atoms with E-state index in [1.807, 2.05) is 12.1 Å². The molecule has 2 saturated heterocycles. The van der Waals surface area contributed by atoms with E-state index in [4.69, 9.17) is 14.6 Å². The molecule has 5 heteroatoms. The van der Waals surface area contributed by atoms with Gasteiger partial charge in [-0.25, -0.2) is 0 Å². The average molecular weight is 306 g/mol. The normalized spacial score (nSPS) is 26.6. The molecule has 2 bridgehead atoms. The number of likely N-dealkylation sites (N-methyl/N-ethyl adjacent to an activating group) is 1. The number of hydrogen-bond acceptors (Lipinski definition) is 5. The first kappa shape index (κ1) is 15.7. The zero-order valence-corrected chi connectivity index (χ0v) is 13.3. The van der Waals surface area contributed by atoms with Crippen LogP contribution in [0.3, 0.4) is 0 Å². The van der Waals surface area contributed by atoms with Crippen molar-refractivity contribution in [1.29, 1.82) is 0 Å². The summed E-state index contributed by atoms with van der Waals surface area (Å²) in [6.07, 6.45) is 0. The van der Waals surface area contributed by atoms with E-state index in [1.54, 1.807) is 0 Å². The molecule has 0 unspecified atom stereocenters. The fourth-order valence-corrected chi connectivity index (χ4v) is 3.43. The maximum absolute atomic E-state index is 8.86. The van der Waals surface area contributed by atoms with E-state index < -0.39 is 0 Å². The van der Waals surface area contributed by atoms with E-state index in [-0.39, 0.29) is 6.61 Å². The smallest absolute Gasteiger partial charge is 0.119 e. The highest BCUT2D eigenvalue weighted by molar-refractivity contribution is 5.28. The lowest BCUT2D eigenvalue weighted by Crippen LogP contribution is -2.41. The molecule has 1 aromatic carbocycles. The Kier molecular flexibility index (Phi) is 5.31. The van der Waals surface area contributed by atoms with Gasteiger partial charge >= 0.3 is 0 Å². The second kappa shape index (κ2) is 7.42. The number of fused-ring (bicyclic) bond motifs is 3. The van der Waals surface area contributed by atoms with Crippen LogP contribution in [0, 0.1) is 5.92 Å². The van der Waals surface area contributed by atoms with Crippen LogP contribution in [0.15, 0.2) is 24.3 Å². The number of hydrogen-bond donors (Lipinski definition) is 1. The molecule has 22 heavy (non-hydrogen) atoms. The summed E-state index contributed by atoms with van der Waals surface area (Å²) < 4.78 is 11.3. The van der Waals surface area contributed by atoms with E-state index in [1.165, 1.54) is 5.56 Å². The first-order valence-corrected chi connectivity index (χ1v) is 8.07. The largest absolute Gasteiger partial charge is 0.491 e. The maximum atomic E-state index is 8.86. The Labute approximate surface area is 132 Å². The number of benzene rings is 1. The molecule has 1 aromatic rings. The Morgan fingerprint density at radius 3 is 3.05 bits per heavy atom. The number of aliphatic hydroxyl groups is 1. The lowest BCUT2D eigenvalue weighted by Gasteiger charge is -2.29. The molecule has 2 fully saturated rings. The minimum atomic E-state index is 0.0477. The van der Waals surface area contributed by atoms with E-state index >= 15 is 0 Å². The second-order valence-corrected chi connectivity index (χ2v) is 6.41. The van der Waals surface area contributed by atoms with Gasteiger partial charge in [-0.15, -0.1) is 0 Å². The van der Waals surface area contributed by atoms with Gasteiger partial charge in [-0.2, -0.15) is 0 Å². The van der Waals surface area contributed by atoms with Gasteiger partial charge in [-0.3, -0.25) is 9.80 Å². The molecule has 0 spiro atoms. The van der Waals surface area contributed by atoms with Gasteiger partial charge in [0.2, 0.25) is 0 Å². The van der Waals surface area contributed by atoms with E-state index in [0.29, 0.717) is 18.6 Å². The van der Waals surface area contributed by atoms with Crippen molar-refractivity contribution in [3.63, 3.8) is 0 Å². The van der Waals surface area contributed by atoms with Gasteiger partial charge < -0.3 is 14.6 Å². The number of rotatable bonds is 5. The molecular weight excluding hydrogens is 280 g/mol. The third kappa shape index (κ3) is 3.98. The average Bonchev–Trinajstić information content (AvgIpc) is 2.74. The predicted molar refractivity (Wildman–Crippen MR) is 85.0 cm³/mol. The standard InChI is InChI=1S/C17H26N2O3/c1-18-8-15-10-19(11-16(18)13-21-12-15)9-14-3-2-4-17(7-14)22-6-5-20/h2-4,7,15-16,20H,5-6,8-13H2,1H3/t15-,16+/m1/s1. The van der Waals surface area contributed by atoms with Gasteiger partial charge in [0.25, 0.3) is 0 Å². The van der Waals surface area contributed by atoms with Gasteiger partial charge in [0.05, 0.1) is 19.8 Å². The molecule has 0 aliphatic carbocycles. The Hall–Kier alpha value is -1.14. The van der Waals surface area contributed by atoms with E-state index in [0.717, 1.165) is 45.1 Å². The van der Waals surface area contributed by atoms with Crippen molar-refractivity contribution in [2.75, 3.05) is 53.1 Å². The van der Waals surface area contributed by atoms with Crippen molar-refractivity contribution in [3.8, 4) is 5.75 Å². The molecule has 2 heterocycles. The summed E-state index contributed by atoms with van der Waals surface area (Å²) in [7, 11) is 2.21. The van der Waals surface area contributed by atoms with Gasteiger partial charge in [-0.1, -0.05) is 12.1 Å². The van der Waals surface area contributed by atoms with Crippen molar-refractivity contribution in [1.82, 2.24) is 9.80 Å². The van der Waals surface area contributed by atoms with Crippen LogP contribution in [0.5, 0.6) is 5.75 Å². The van der Waals surface area contributed by atoms with Crippen molar-refractivity contribution < 1.29 is 14.6 Å². The Morgan fingerprint density at radius 2 is 2.18 bits per heavy atom. The lowest BCUT2D eigenvalue weighted by atomic mass is 10.1. The second-order valence-electron chi connectivity index (χ2n) is 6.41. The number of aliphatic hydroxyl groups excluding tert-OH is 1. The highest BCUT2D eigenvalue weighted by Crippen LogP contribution is 2.21. The van der Waals surface area contributed by atoms with Crippen LogP contribution in [-0.2, 0) is 11.3 Å². The summed E-state index contributed by atoms with van der Waals surface area (Å²) in [4.78, 5) is 4.98. The maximum Gasteiger partial charge on any atom is 0.119 e. The molecule has 2 aliphatic heterocycles. The molecule has 2 aliphatic rings. The van der Waals surface area contributed by atoms with Gasteiger partial charge in [0.15, 0.2) is 0 Å². The Balaban J connectivity index is 1.65. The summed E-state index contributed by atoms with van der Waals surface area (Å²) in [6, 6.07) is 8.68. The molecule has 5 nitrogen and oxygen atoms in total. The zero-order chi connectivity index (χ0) is 15.4. The first-order chi connectivity index (χ1) is 10.7. The van der Waals surface area contributed by atoms with Crippen LogP contribution in [0.25, 0.3) is 0 Å². The Morgan fingerprint density at radius 1 is 1.27 bits per heavy atom. The minimum absolute atomic E-state index is 0.0477. The summed E-state index contributed by atoms with van der Waals surface area (Å²) >= 11 is 0. The quantitative estimate of drug-likeness (QED) is 0.873. The van der Waals surface area contributed by atoms with Crippen LogP contribution in [-0.4, -0.2) is 74.1 Å². The monoisotopic (exact) mass is 306 g/mol. The Bertz CT molecular complexity index is 483. The van der Waals surface area contributed by atoms with Gasteiger partial charge in [-0.05, 0) is 24.7 Å². The molecule has 2 atom stereocenters.